The van der Waals surface area contributed by atoms with Gasteiger partial charge < -0.3 is 9.47 Å². The molecule has 1 aliphatic heterocycles. The molecule has 2 aromatic rings. The fourth-order valence-corrected chi connectivity index (χ4v) is 2.53. The largest absolute Gasteiger partial charge is 0.482 e. The van der Waals surface area contributed by atoms with Crippen LogP contribution in [0.25, 0.3) is 0 Å². The van der Waals surface area contributed by atoms with E-state index >= 15 is 0 Å². The lowest BCUT2D eigenvalue weighted by Gasteiger charge is -2.28. The molecule has 0 N–H and O–H groups in total. The maximum absolute atomic E-state index is 12.2. The third-order valence-corrected chi connectivity index (χ3v) is 3.82. The molecule has 0 atom stereocenters. The number of fused-ring (bicyclic) bond motifs is 1. The summed E-state index contributed by atoms with van der Waals surface area (Å²) in [6, 6.07) is 13.4. The number of hydrogen-bond acceptors (Lipinski definition) is 5. The fraction of sp³-hybridized carbons (Fsp3) is 0.211. The number of carbonyl (C=O) groups excluding carboxylic acids is 3. The second kappa shape index (κ2) is 7.17. The van der Waals surface area contributed by atoms with Gasteiger partial charge in [-0.05, 0) is 36.4 Å². The van der Waals surface area contributed by atoms with Gasteiger partial charge in [-0.15, -0.1) is 0 Å². The molecule has 3 rings (SSSR count). The first-order valence-electron chi connectivity index (χ1n) is 7.94. The predicted molar refractivity (Wildman–Crippen MR) is 91.0 cm³/mol. The number of esters is 1. The number of ether oxygens (including phenoxy) is 2. The first-order valence-corrected chi connectivity index (χ1v) is 7.94. The van der Waals surface area contributed by atoms with Crippen molar-refractivity contribution in [3.05, 3.63) is 54.1 Å². The fourth-order valence-electron chi connectivity index (χ4n) is 2.53. The maximum Gasteiger partial charge on any atom is 0.331 e. The van der Waals surface area contributed by atoms with E-state index in [1.54, 1.807) is 55.5 Å². The lowest BCUT2D eigenvalue weighted by molar-refractivity contribution is -0.134. The first-order chi connectivity index (χ1) is 12.1. The first kappa shape index (κ1) is 16.7. The Bertz CT molecular complexity index is 813. The third-order valence-electron chi connectivity index (χ3n) is 3.82. The molecule has 1 amide bonds. The van der Waals surface area contributed by atoms with Gasteiger partial charge in [0.25, 0.3) is 5.91 Å². The van der Waals surface area contributed by atoms with Crippen LogP contribution in [-0.4, -0.2) is 30.8 Å². The van der Waals surface area contributed by atoms with Crippen molar-refractivity contribution in [1.82, 2.24) is 0 Å². The van der Waals surface area contributed by atoms with E-state index in [-0.39, 0.29) is 24.8 Å². The minimum atomic E-state index is -0.570. The van der Waals surface area contributed by atoms with Crippen molar-refractivity contribution in [3.8, 4) is 11.5 Å². The van der Waals surface area contributed by atoms with Gasteiger partial charge in [0.05, 0.1) is 5.69 Å². The number of para-hydroxylation sites is 2. The summed E-state index contributed by atoms with van der Waals surface area (Å²) >= 11 is 0. The van der Waals surface area contributed by atoms with E-state index in [1.165, 1.54) is 4.90 Å². The molecule has 0 saturated carbocycles. The van der Waals surface area contributed by atoms with Crippen molar-refractivity contribution in [2.75, 3.05) is 18.1 Å². The van der Waals surface area contributed by atoms with E-state index in [0.29, 0.717) is 29.2 Å². The highest BCUT2D eigenvalue weighted by Gasteiger charge is 2.27. The molecule has 0 aromatic heterocycles. The van der Waals surface area contributed by atoms with Crippen molar-refractivity contribution in [2.45, 2.75) is 13.3 Å². The topological polar surface area (TPSA) is 72.9 Å². The molecule has 2 aromatic carbocycles. The summed E-state index contributed by atoms with van der Waals surface area (Å²) in [5, 5.41) is 0. The highest BCUT2D eigenvalue weighted by atomic mass is 16.5. The Morgan fingerprint density at radius 1 is 1.12 bits per heavy atom. The van der Waals surface area contributed by atoms with E-state index < -0.39 is 5.97 Å². The number of Topliss-reactive ketones (excluding diaryl/α,β-unsaturated/α-hetero) is 1. The van der Waals surface area contributed by atoms with Crippen LogP contribution in [0.3, 0.4) is 0 Å². The number of hydrogen-bond donors (Lipinski definition) is 0. The molecule has 0 spiro atoms. The number of ketones is 1. The lowest BCUT2D eigenvalue weighted by Crippen LogP contribution is -2.43. The number of anilines is 1. The zero-order valence-electron chi connectivity index (χ0n) is 13.7. The molecular weight excluding hydrogens is 322 g/mol. The Morgan fingerprint density at radius 3 is 2.56 bits per heavy atom. The lowest BCUT2D eigenvalue weighted by atomic mass is 10.1. The molecule has 0 bridgehead atoms. The van der Waals surface area contributed by atoms with E-state index in [4.69, 9.17) is 9.47 Å². The van der Waals surface area contributed by atoms with Crippen molar-refractivity contribution in [3.63, 3.8) is 0 Å². The van der Waals surface area contributed by atoms with E-state index in [1.807, 2.05) is 0 Å². The summed E-state index contributed by atoms with van der Waals surface area (Å²) < 4.78 is 10.6. The van der Waals surface area contributed by atoms with Gasteiger partial charge in [0.15, 0.2) is 12.4 Å². The summed E-state index contributed by atoms with van der Waals surface area (Å²) in [7, 11) is 0. The summed E-state index contributed by atoms with van der Waals surface area (Å²) in [5.74, 6) is 0.0246. The van der Waals surface area contributed by atoms with Gasteiger partial charge in [0.1, 0.15) is 18.0 Å². The molecule has 0 fully saturated rings. The molecule has 0 unspecified atom stereocenters. The standard InChI is InChI=1S/C19H17NO5/c1-2-16(21)13-7-9-14(10-8-13)25-19(23)11-20-15-5-3-4-6-17(15)24-12-18(20)22/h3-10H,2,11-12H2,1H3. The number of nitrogens with zero attached hydrogens (tertiary/aromatic N) is 1. The average molecular weight is 339 g/mol. The molecule has 1 heterocycles. The van der Waals surface area contributed by atoms with Crippen LogP contribution < -0.4 is 14.4 Å². The van der Waals surface area contributed by atoms with Crippen LogP contribution in [0.15, 0.2) is 48.5 Å². The molecule has 0 radical (unpaired) electrons. The zero-order chi connectivity index (χ0) is 17.8. The van der Waals surface area contributed by atoms with Crippen LogP contribution >= 0.6 is 0 Å². The van der Waals surface area contributed by atoms with Crippen LogP contribution in [-0.2, 0) is 9.59 Å². The summed E-state index contributed by atoms with van der Waals surface area (Å²) in [6.45, 7) is 1.46. The Kier molecular flexibility index (Phi) is 4.79. The number of amides is 1. The molecule has 1 aliphatic rings. The van der Waals surface area contributed by atoms with Gasteiger partial charge in [-0.25, -0.2) is 4.79 Å². The van der Waals surface area contributed by atoms with Gasteiger partial charge in [-0.1, -0.05) is 19.1 Å². The molecule has 25 heavy (non-hydrogen) atoms. The Balaban J connectivity index is 1.68. The summed E-state index contributed by atoms with van der Waals surface area (Å²) in [5.41, 5.74) is 1.11. The van der Waals surface area contributed by atoms with Crippen LogP contribution in [0.5, 0.6) is 11.5 Å². The van der Waals surface area contributed by atoms with E-state index in [9.17, 15) is 14.4 Å². The SMILES string of the molecule is CCC(=O)c1ccc(OC(=O)CN2C(=O)COc3ccccc32)cc1. The van der Waals surface area contributed by atoms with Gasteiger partial charge in [0, 0.05) is 12.0 Å². The summed E-state index contributed by atoms with van der Waals surface area (Å²) in [6.07, 6.45) is 0.414. The maximum atomic E-state index is 12.2. The Hall–Kier alpha value is -3.15. The molecule has 0 aliphatic carbocycles. The van der Waals surface area contributed by atoms with Gasteiger partial charge >= 0.3 is 5.97 Å². The zero-order valence-corrected chi connectivity index (χ0v) is 13.7. The van der Waals surface area contributed by atoms with Crippen LogP contribution in [0.2, 0.25) is 0 Å². The normalized spacial score (nSPS) is 13.0. The average Bonchev–Trinajstić information content (AvgIpc) is 2.64. The third kappa shape index (κ3) is 3.68. The summed E-state index contributed by atoms with van der Waals surface area (Å²) in [4.78, 5) is 37.2. The number of rotatable bonds is 5. The minimum absolute atomic E-state index is 0.0217. The molecule has 0 saturated heterocycles. The highest BCUT2D eigenvalue weighted by molar-refractivity contribution is 6.01. The molecule has 128 valence electrons. The monoisotopic (exact) mass is 339 g/mol. The predicted octanol–water partition coefficient (Wildman–Crippen LogP) is 2.61. The van der Waals surface area contributed by atoms with Crippen molar-refractivity contribution < 1.29 is 23.9 Å². The smallest absolute Gasteiger partial charge is 0.331 e. The van der Waals surface area contributed by atoms with Gasteiger partial charge in [-0.3, -0.25) is 14.5 Å². The molecular formula is C19H17NO5. The van der Waals surface area contributed by atoms with E-state index in [2.05, 4.69) is 0 Å². The van der Waals surface area contributed by atoms with Crippen molar-refractivity contribution >= 4 is 23.3 Å². The number of benzene rings is 2. The van der Waals surface area contributed by atoms with Crippen molar-refractivity contribution in [1.29, 1.82) is 0 Å². The molecule has 6 nitrogen and oxygen atoms in total. The van der Waals surface area contributed by atoms with Crippen LogP contribution in [0, 0.1) is 0 Å². The van der Waals surface area contributed by atoms with E-state index in [0.717, 1.165) is 0 Å². The Labute approximate surface area is 145 Å². The number of carbonyl (C=O) groups is 3. The molecule has 6 heteroatoms. The van der Waals surface area contributed by atoms with Crippen molar-refractivity contribution in [2.24, 2.45) is 0 Å². The second-order valence-corrected chi connectivity index (χ2v) is 5.51. The minimum Gasteiger partial charge on any atom is -0.482 e. The second-order valence-electron chi connectivity index (χ2n) is 5.51. The highest BCUT2D eigenvalue weighted by Crippen LogP contribution is 2.31. The van der Waals surface area contributed by atoms with Gasteiger partial charge in [0.2, 0.25) is 0 Å². The van der Waals surface area contributed by atoms with Crippen LogP contribution in [0.4, 0.5) is 5.69 Å². The quantitative estimate of drug-likeness (QED) is 0.476. The van der Waals surface area contributed by atoms with Gasteiger partial charge in [-0.2, -0.15) is 0 Å². The Morgan fingerprint density at radius 2 is 1.84 bits per heavy atom. The van der Waals surface area contributed by atoms with Crippen LogP contribution in [0.1, 0.15) is 23.7 Å².